The third-order valence-electron chi connectivity index (χ3n) is 4.18. The highest BCUT2D eigenvalue weighted by molar-refractivity contribution is 5.99. The van der Waals surface area contributed by atoms with E-state index in [1.807, 2.05) is 30.3 Å². The van der Waals surface area contributed by atoms with Gasteiger partial charge in [-0.1, -0.05) is 42.5 Å². The summed E-state index contributed by atoms with van der Waals surface area (Å²) in [6, 6.07) is 16.2. The van der Waals surface area contributed by atoms with Crippen molar-refractivity contribution < 1.29 is 14.4 Å². The smallest absolute Gasteiger partial charge is 0.317 e. The number of amides is 4. The maximum absolute atomic E-state index is 12.1. The number of carbonyl (C=O) groups is 3. The third-order valence-corrected chi connectivity index (χ3v) is 4.18. The van der Waals surface area contributed by atoms with Gasteiger partial charge in [0, 0.05) is 45.3 Å². The second-order valence-corrected chi connectivity index (χ2v) is 6.52. The zero-order valence-corrected chi connectivity index (χ0v) is 16.5. The van der Waals surface area contributed by atoms with Crippen molar-refractivity contribution in [2.45, 2.75) is 13.0 Å². The molecule has 0 aliphatic carbocycles. The number of nitrogens with zero attached hydrogens (tertiary/aromatic N) is 1. The monoisotopic (exact) mass is 397 g/mol. The van der Waals surface area contributed by atoms with Gasteiger partial charge >= 0.3 is 6.03 Å². The zero-order chi connectivity index (χ0) is 21.1. The Hall–Kier alpha value is -3.55. The second-order valence-electron chi connectivity index (χ2n) is 6.52. The van der Waals surface area contributed by atoms with Crippen molar-refractivity contribution in [3.8, 4) is 0 Å². The number of anilines is 1. The highest BCUT2D eigenvalue weighted by atomic mass is 16.2. The van der Waals surface area contributed by atoms with E-state index in [0.29, 0.717) is 24.3 Å². The largest absolute Gasteiger partial charge is 0.398 e. The number of nitrogens with two attached hydrogens (primary N) is 1. The molecule has 0 heterocycles. The molecule has 8 heteroatoms. The molecule has 0 unspecified atom stereocenters. The van der Waals surface area contributed by atoms with E-state index in [2.05, 4.69) is 16.0 Å². The van der Waals surface area contributed by atoms with Gasteiger partial charge in [0.1, 0.15) is 0 Å². The van der Waals surface area contributed by atoms with E-state index in [1.54, 1.807) is 36.2 Å². The lowest BCUT2D eigenvalue weighted by Gasteiger charge is -2.18. The van der Waals surface area contributed by atoms with Gasteiger partial charge in [-0.05, 0) is 17.7 Å². The molecule has 4 amide bonds. The minimum Gasteiger partial charge on any atom is -0.398 e. The van der Waals surface area contributed by atoms with E-state index in [-0.39, 0.29) is 37.4 Å². The van der Waals surface area contributed by atoms with E-state index < -0.39 is 0 Å². The highest BCUT2D eigenvalue weighted by Gasteiger charge is 2.10. The number of para-hydroxylation sites is 1. The Bertz CT molecular complexity index is 826. The third kappa shape index (κ3) is 7.53. The van der Waals surface area contributed by atoms with Gasteiger partial charge in [0.2, 0.25) is 5.91 Å². The Kier molecular flexibility index (Phi) is 8.50. The van der Waals surface area contributed by atoms with Crippen LogP contribution in [0.3, 0.4) is 0 Å². The first-order valence-corrected chi connectivity index (χ1v) is 9.39. The molecular weight excluding hydrogens is 370 g/mol. The van der Waals surface area contributed by atoms with Crippen LogP contribution in [0.1, 0.15) is 22.3 Å². The lowest BCUT2D eigenvalue weighted by atomic mass is 10.1. The van der Waals surface area contributed by atoms with E-state index in [1.165, 1.54) is 0 Å². The number of nitrogens with one attached hydrogen (secondary N) is 3. The molecule has 0 atom stereocenters. The minimum atomic E-state index is -0.286. The van der Waals surface area contributed by atoms with Crippen molar-refractivity contribution in [2.24, 2.45) is 0 Å². The zero-order valence-electron chi connectivity index (χ0n) is 16.5. The number of hydrogen-bond donors (Lipinski definition) is 4. The predicted octanol–water partition coefficient (Wildman–Crippen LogP) is 1.35. The molecule has 0 bridgehead atoms. The maximum Gasteiger partial charge on any atom is 0.317 e. The lowest BCUT2D eigenvalue weighted by Crippen LogP contribution is -2.39. The van der Waals surface area contributed by atoms with Crippen LogP contribution in [0.2, 0.25) is 0 Å². The average molecular weight is 397 g/mol. The molecule has 0 fully saturated rings. The molecule has 0 radical (unpaired) electrons. The van der Waals surface area contributed by atoms with Gasteiger partial charge < -0.3 is 26.6 Å². The van der Waals surface area contributed by atoms with Gasteiger partial charge in [0.15, 0.2) is 0 Å². The van der Waals surface area contributed by atoms with Crippen LogP contribution < -0.4 is 21.7 Å². The minimum absolute atomic E-state index is 0.157. The van der Waals surface area contributed by atoms with Crippen molar-refractivity contribution in [3.63, 3.8) is 0 Å². The standard InChI is InChI=1S/C21H27N5O3/c1-26(15-16-7-3-2-4-8-16)21(29)25-12-11-19(27)23-13-14-24-20(28)17-9-5-6-10-18(17)22/h2-10H,11-15,22H2,1H3,(H,23,27)(H,24,28)(H,25,29). The first-order valence-electron chi connectivity index (χ1n) is 9.39. The van der Waals surface area contributed by atoms with Crippen LogP contribution in [0.5, 0.6) is 0 Å². The molecule has 0 aliphatic heterocycles. The molecule has 0 saturated heterocycles. The molecule has 154 valence electrons. The number of carbonyl (C=O) groups excluding carboxylic acids is 3. The van der Waals surface area contributed by atoms with Crippen LogP contribution in [-0.4, -0.2) is 49.4 Å². The van der Waals surface area contributed by atoms with Crippen molar-refractivity contribution in [3.05, 3.63) is 65.7 Å². The van der Waals surface area contributed by atoms with Crippen LogP contribution >= 0.6 is 0 Å². The summed E-state index contributed by atoms with van der Waals surface area (Å²) >= 11 is 0. The van der Waals surface area contributed by atoms with Gasteiger partial charge in [-0.3, -0.25) is 9.59 Å². The summed E-state index contributed by atoms with van der Waals surface area (Å²) in [5.74, 6) is -0.490. The van der Waals surface area contributed by atoms with Crippen LogP contribution in [0.15, 0.2) is 54.6 Å². The fourth-order valence-corrected chi connectivity index (χ4v) is 2.61. The van der Waals surface area contributed by atoms with E-state index in [4.69, 9.17) is 5.73 Å². The first kappa shape index (κ1) is 21.7. The van der Waals surface area contributed by atoms with E-state index >= 15 is 0 Å². The van der Waals surface area contributed by atoms with Gasteiger partial charge in [0.25, 0.3) is 5.91 Å². The number of hydrogen-bond acceptors (Lipinski definition) is 4. The van der Waals surface area contributed by atoms with Crippen LogP contribution in [0.25, 0.3) is 0 Å². The van der Waals surface area contributed by atoms with Crippen molar-refractivity contribution in [2.75, 3.05) is 32.4 Å². The summed E-state index contributed by atoms with van der Waals surface area (Å²) in [5, 5.41) is 8.11. The number of nitrogen functional groups attached to an aromatic ring is 1. The summed E-state index contributed by atoms with van der Waals surface area (Å²) in [6.45, 7) is 1.30. The lowest BCUT2D eigenvalue weighted by molar-refractivity contribution is -0.120. The van der Waals surface area contributed by atoms with Crippen molar-refractivity contribution in [1.82, 2.24) is 20.9 Å². The summed E-state index contributed by atoms with van der Waals surface area (Å²) in [5.41, 5.74) is 7.59. The van der Waals surface area contributed by atoms with E-state index in [0.717, 1.165) is 5.56 Å². The Labute approximate surface area is 170 Å². The molecule has 8 nitrogen and oxygen atoms in total. The van der Waals surface area contributed by atoms with Crippen LogP contribution in [0.4, 0.5) is 10.5 Å². The second kappa shape index (κ2) is 11.3. The normalized spacial score (nSPS) is 10.1. The topological polar surface area (TPSA) is 117 Å². The fourth-order valence-electron chi connectivity index (χ4n) is 2.61. The Morgan fingerprint density at radius 2 is 1.52 bits per heavy atom. The molecule has 0 aromatic heterocycles. The molecular formula is C21H27N5O3. The molecule has 2 aromatic rings. The summed E-state index contributed by atoms with van der Waals surface area (Å²) in [4.78, 5) is 37.4. The molecule has 0 saturated carbocycles. The van der Waals surface area contributed by atoms with Crippen LogP contribution in [0, 0.1) is 0 Å². The van der Waals surface area contributed by atoms with Gasteiger partial charge in [-0.25, -0.2) is 4.79 Å². The summed E-state index contributed by atoms with van der Waals surface area (Å²) in [6.07, 6.45) is 0.157. The Morgan fingerprint density at radius 1 is 0.862 bits per heavy atom. The SMILES string of the molecule is CN(Cc1ccccc1)C(=O)NCCC(=O)NCCNC(=O)c1ccccc1N. The molecule has 5 N–H and O–H groups in total. The number of urea groups is 1. The van der Waals surface area contributed by atoms with Crippen molar-refractivity contribution in [1.29, 1.82) is 0 Å². The number of rotatable bonds is 9. The van der Waals surface area contributed by atoms with Gasteiger partial charge in [-0.2, -0.15) is 0 Å². The molecule has 2 aromatic carbocycles. The first-order chi connectivity index (χ1) is 14.0. The highest BCUT2D eigenvalue weighted by Crippen LogP contribution is 2.09. The molecule has 0 aliphatic rings. The Morgan fingerprint density at radius 3 is 2.24 bits per heavy atom. The van der Waals surface area contributed by atoms with Gasteiger partial charge in [-0.15, -0.1) is 0 Å². The summed E-state index contributed by atoms with van der Waals surface area (Å²) < 4.78 is 0. The molecule has 29 heavy (non-hydrogen) atoms. The van der Waals surface area contributed by atoms with Crippen molar-refractivity contribution >= 4 is 23.5 Å². The quantitative estimate of drug-likeness (QED) is 0.377. The predicted molar refractivity (Wildman–Crippen MR) is 112 cm³/mol. The average Bonchev–Trinajstić information content (AvgIpc) is 2.72. The molecule has 0 spiro atoms. The fraction of sp³-hybridized carbons (Fsp3) is 0.286. The van der Waals surface area contributed by atoms with Crippen LogP contribution in [-0.2, 0) is 11.3 Å². The molecule has 2 rings (SSSR count). The summed E-state index contributed by atoms with van der Waals surface area (Å²) in [7, 11) is 1.70. The maximum atomic E-state index is 12.1. The van der Waals surface area contributed by atoms with E-state index in [9.17, 15) is 14.4 Å². The van der Waals surface area contributed by atoms with Gasteiger partial charge in [0.05, 0.1) is 5.56 Å². The number of benzene rings is 2. The Balaban J connectivity index is 1.58.